The summed E-state index contributed by atoms with van der Waals surface area (Å²) in [5, 5.41) is 2.93. The molecular weight excluding hydrogens is 541 g/mol. The molecule has 11 heteroatoms. The summed E-state index contributed by atoms with van der Waals surface area (Å²) in [5.41, 5.74) is 2.72. The van der Waals surface area contributed by atoms with E-state index in [0.717, 1.165) is 54.8 Å². The lowest BCUT2D eigenvalue weighted by molar-refractivity contribution is 0.238. The molecule has 2 N–H and O–H groups in total. The van der Waals surface area contributed by atoms with Crippen molar-refractivity contribution < 1.29 is 17.5 Å². The van der Waals surface area contributed by atoms with Crippen LogP contribution in [0.25, 0.3) is 11.3 Å². The fraction of sp³-hybridized carbons (Fsp3) is 0.214. The third kappa shape index (κ3) is 7.03. The molecule has 0 radical (unpaired) electrons. The van der Waals surface area contributed by atoms with E-state index < -0.39 is 15.8 Å². The number of hydrogen-bond acceptors (Lipinski definition) is 7. The number of ether oxygens (including phenoxy) is 1. The van der Waals surface area contributed by atoms with Crippen molar-refractivity contribution in [2.24, 2.45) is 0 Å². The first-order chi connectivity index (χ1) is 18.9. The maximum atomic E-state index is 13.4. The van der Waals surface area contributed by atoms with Crippen LogP contribution in [0.1, 0.15) is 12.8 Å². The van der Waals surface area contributed by atoms with Gasteiger partial charge in [-0.3, -0.25) is 9.62 Å². The van der Waals surface area contributed by atoms with Gasteiger partial charge in [-0.2, -0.15) is 0 Å². The molecule has 202 valence electrons. The SMILES string of the molecule is O=S(=O)(Nc1ccc(Nc2cc(-c3ccc(OCCN4CCCC4)cc3)ncn2)cc1)c1ccc(F)c(Cl)c1. The Kier molecular flexibility index (Phi) is 8.25. The summed E-state index contributed by atoms with van der Waals surface area (Å²) in [5.74, 6) is 0.719. The predicted octanol–water partition coefficient (Wildman–Crippen LogP) is 5.96. The summed E-state index contributed by atoms with van der Waals surface area (Å²) >= 11 is 5.72. The zero-order valence-corrected chi connectivity index (χ0v) is 22.6. The van der Waals surface area contributed by atoms with Gasteiger partial charge in [-0.25, -0.2) is 22.8 Å². The van der Waals surface area contributed by atoms with E-state index >= 15 is 0 Å². The molecule has 1 saturated heterocycles. The van der Waals surface area contributed by atoms with Crippen LogP contribution >= 0.6 is 11.6 Å². The highest BCUT2D eigenvalue weighted by molar-refractivity contribution is 7.92. The number of halogens is 2. The van der Waals surface area contributed by atoms with Gasteiger partial charge in [-0.15, -0.1) is 0 Å². The molecule has 0 spiro atoms. The average molecular weight is 568 g/mol. The van der Waals surface area contributed by atoms with E-state index in [-0.39, 0.29) is 9.92 Å². The second-order valence-corrected chi connectivity index (χ2v) is 11.2. The molecule has 2 heterocycles. The van der Waals surface area contributed by atoms with Crippen LogP contribution in [-0.4, -0.2) is 49.5 Å². The second-order valence-electron chi connectivity index (χ2n) is 9.09. The number of nitrogens with zero attached hydrogens (tertiary/aromatic N) is 3. The molecule has 1 aliphatic heterocycles. The summed E-state index contributed by atoms with van der Waals surface area (Å²) in [4.78, 5) is 11.0. The van der Waals surface area contributed by atoms with Gasteiger partial charge >= 0.3 is 0 Å². The van der Waals surface area contributed by atoms with Gasteiger partial charge < -0.3 is 10.1 Å². The van der Waals surface area contributed by atoms with E-state index in [1.165, 1.54) is 19.2 Å². The van der Waals surface area contributed by atoms with Crippen LogP contribution in [0.4, 0.5) is 21.6 Å². The molecular formula is C28H27ClFN5O3S. The number of benzene rings is 3. The topological polar surface area (TPSA) is 96.5 Å². The van der Waals surface area contributed by atoms with Gasteiger partial charge in [-0.05, 0) is 92.7 Å². The number of sulfonamides is 1. The van der Waals surface area contributed by atoms with Crippen LogP contribution in [0.5, 0.6) is 5.75 Å². The van der Waals surface area contributed by atoms with Crippen molar-refractivity contribution in [3.05, 3.63) is 90.0 Å². The van der Waals surface area contributed by atoms with Gasteiger partial charge in [0.2, 0.25) is 0 Å². The van der Waals surface area contributed by atoms with E-state index in [1.54, 1.807) is 24.3 Å². The van der Waals surface area contributed by atoms with E-state index in [4.69, 9.17) is 16.3 Å². The minimum absolute atomic E-state index is 0.133. The smallest absolute Gasteiger partial charge is 0.261 e. The molecule has 0 atom stereocenters. The molecule has 1 fully saturated rings. The molecule has 0 bridgehead atoms. The van der Waals surface area contributed by atoms with Crippen molar-refractivity contribution in [2.45, 2.75) is 17.7 Å². The quantitative estimate of drug-likeness (QED) is 0.244. The molecule has 0 saturated carbocycles. The van der Waals surface area contributed by atoms with Crippen LogP contribution in [0.3, 0.4) is 0 Å². The summed E-state index contributed by atoms with van der Waals surface area (Å²) in [6.07, 6.45) is 4.02. The molecule has 3 aromatic carbocycles. The summed E-state index contributed by atoms with van der Waals surface area (Å²) in [6.45, 7) is 3.92. The van der Waals surface area contributed by atoms with Crippen LogP contribution in [0, 0.1) is 5.82 Å². The summed E-state index contributed by atoms with van der Waals surface area (Å²) < 4.78 is 46.9. The first-order valence-electron chi connectivity index (χ1n) is 12.5. The third-order valence-corrected chi connectivity index (χ3v) is 7.97. The molecule has 1 aliphatic rings. The number of anilines is 3. The van der Waals surface area contributed by atoms with Crippen molar-refractivity contribution in [3.8, 4) is 17.0 Å². The monoisotopic (exact) mass is 567 g/mol. The largest absolute Gasteiger partial charge is 0.492 e. The number of aromatic nitrogens is 2. The fourth-order valence-corrected chi connectivity index (χ4v) is 5.56. The Bertz CT molecular complexity index is 1530. The molecule has 0 unspecified atom stereocenters. The highest BCUT2D eigenvalue weighted by Gasteiger charge is 2.16. The van der Waals surface area contributed by atoms with E-state index in [1.807, 2.05) is 30.3 Å². The van der Waals surface area contributed by atoms with Crippen molar-refractivity contribution in [1.29, 1.82) is 0 Å². The Morgan fingerprint density at radius 1 is 0.923 bits per heavy atom. The van der Waals surface area contributed by atoms with Crippen molar-refractivity contribution in [1.82, 2.24) is 14.9 Å². The molecule has 8 nitrogen and oxygen atoms in total. The number of hydrogen-bond donors (Lipinski definition) is 2. The molecule has 1 aromatic heterocycles. The number of rotatable bonds is 10. The minimum Gasteiger partial charge on any atom is -0.492 e. The lowest BCUT2D eigenvalue weighted by Crippen LogP contribution is -2.25. The van der Waals surface area contributed by atoms with Crippen molar-refractivity contribution >= 4 is 38.8 Å². The van der Waals surface area contributed by atoms with E-state index in [2.05, 4.69) is 24.9 Å². The second kappa shape index (κ2) is 12.0. The van der Waals surface area contributed by atoms with Crippen LogP contribution in [0.15, 0.2) is 84.0 Å². The van der Waals surface area contributed by atoms with Crippen molar-refractivity contribution in [3.63, 3.8) is 0 Å². The first-order valence-corrected chi connectivity index (χ1v) is 14.3. The van der Waals surface area contributed by atoms with Gasteiger partial charge in [-0.1, -0.05) is 11.6 Å². The summed E-state index contributed by atoms with van der Waals surface area (Å²) in [6, 6.07) is 19.5. The number of nitrogens with one attached hydrogen (secondary N) is 2. The highest BCUT2D eigenvalue weighted by Crippen LogP contribution is 2.26. The predicted molar refractivity (Wildman–Crippen MR) is 151 cm³/mol. The van der Waals surface area contributed by atoms with Gasteiger partial charge in [0, 0.05) is 29.5 Å². The van der Waals surface area contributed by atoms with Gasteiger partial charge in [0.15, 0.2) is 0 Å². The Balaban J connectivity index is 1.19. The number of likely N-dealkylation sites (tertiary alicyclic amines) is 1. The lowest BCUT2D eigenvalue weighted by Gasteiger charge is -2.15. The maximum absolute atomic E-state index is 13.4. The van der Waals surface area contributed by atoms with Gasteiger partial charge in [0.05, 0.1) is 15.6 Å². The average Bonchev–Trinajstić information content (AvgIpc) is 3.45. The molecule has 4 aromatic rings. The van der Waals surface area contributed by atoms with Gasteiger partial charge in [0.25, 0.3) is 10.0 Å². The summed E-state index contributed by atoms with van der Waals surface area (Å²) in [7, 11) is -3.93. The van der Waals surface area contributed by atoms with E-state index in [9.17, 15) is 12.8 Å². The van der Waals surface area contributed by atoms with Gasteiger partial charge in [0.1, 0.15) is 30.3 Å². The third-order valence-electron chi connectivity index (χ3n) is 6.30. The van der Waals surface area contributed by atoms with Crippen molar-refractivity contribution in [2.75, 3.05) is 36.3 Å². The minimum atomic E-state index is -3.93. The fourth-order valence-electron chi connectivity index (χ4n) is 4.23. The highest BCUT2D eigenvalue weighted by atomic mass is 35.5. The standard InChI is InChI=1S/C28H27ClFN5O3S/c29-25-17-24(11-12-26(25)30)39(36,37)34-22-7-5-21(6-8-22)33-28-18-27(31-19-32-28)20-3-9-23(10-4-20)38-16-15-35-13-1-2-14-35/h3-12,17-19,34H,1-2,13-16H2,(H,31,32,33). The van der Waals surface area contributed by atoms with Crippen LogP contribution < -0.4 is 14.8 Å². The molecule has 5 rings (SSSR count). The zero-order valence-electron chi connectivity index (χ0n) is 21.0. The first kappa shape index (κ1) is 26.9. The lowest BCUT2D eigenvalue weighted by atomic mass is 10.1. The Morgan fingerprint density at radius 2 is 1.64 bits per heavy atom. The van der Waals surface area contributed by atoms with Crippen LogP contribution in [0.2, 0.25) is 5.02 Å². The Morgan fingerprint density at radius 3 is 2.36 bits per heavy atom. The maximum Gasteiger partial charge on any atom is 0.261 e. The Labute approximate surface area is 231 Å². The molecule has 39 heavy (non-hydrogen) atoms. The zero-order chi connectivity index (χ0) is 27.2. The molecule has 0 aliphatic carbocycles. The molecule has 0 amide bonds. The Hall–Kier alpha value is -3.73. The van der Waals surface area contributed by atoms with E-state index in [0.29, 0.717) is 23.8 Å². The van der Waals surface area contributed by atoms with Crippen LogP contribution in [-0.2, 0) is 10.0 Å². The normalized spacial score (nSPS) is 13.8.